The van der Waals surface area contributed by atoms with Gasteiger partial charge in [-0.1, -0.05) is 5.10 Å². The molecule has 1 aliphatic rings. The molecule has 3 aromatic rings. The molecular formula is C21H22N4O7S. The maximum Gasteiger partial charge on any atom is 0.322 e. The van der Waals surface area contributed by atoms with Gasteiger partial charge >= 0.3 is 6.01 Å². The van der Waals surface area contributed by atoms with Gasteiger partial charge in [-0.25, -0.2) is 8.42 Å². The molecule has 0 atom stereocenters. The zero-order chi connectivity index (χ0) is 23.4. The molecule has 4 rings (SSSR count). The number of amides is 1. The van der Waals surface area contributed by atoms with Gasteiger partial charge in [-0.05, 0) is 42.5 Å². The second kappa shape index (κ2) is 9.57. The fraction of sp³-hybridized carbons (Fsp3) is 0.286. The van der Waals surface area contributed by atoms with Gasteiger partial charge in [0, 0.05) is 18.7 Å². The van der Waals surface area contributed by atoms with Crippen LogP contribution in [0.3, 0.4) is 0 Å². The van der Waals surface area contributed by atoms with Gasteiger partial charge in [0.1, 0.15) is 11.5 Å². The van der Waals surface area contributed by atoms with Crippen molar-refractivity contribution in [3.63, 3.8) is 0 Å². The molecule has 2 heterocycles. The van der Waals surface area contributed by atoms with Crippen LogP contribution < -0.4 is 14.8 Å². The molecule has 0 saturated carbocycles. The summed E-state index contributed by atoms with van der Waals surface area (Å²) in [4.78, 5) is 12.7. The highest BCUT2D eigenvalue weighted by Gasteiger charge is 2.26. The maximum absolute atomic E-state index is 12.7. The Balaban J connectivity index is 1.48. The molecule has 2 aromatic carbocycles. The first-order valence-corrected chi connectivity index (χ1v) is 11.4. The number of benzene rings is 2. The molecule has 0 radical (unpaired) electrons. The van der Waals surface area contributed by atoms with Crippen molar-refractivity contribution in [3.05, 3.63) is 48.0 Å². The molecule has 0 bridgehead atoms. The van der Waals surface area contributed by atoms with Crippen molar-refractivity contribution in [2.75, 3.05) is 45.8 Å². The second-order valence-corrected chi connectivity index (χ2v) is 8.91. The Bertz CT molecular complexity index is 1240. The number of nitrogens with zero attached hydrogens (tertiary/aromatic N) is 3. The van der Waals surface area contributed by atoms with Gasteiger partial charge in [0.25, 0.3) is 11.8 Å². The number of hydrogen-bond donors (Lipinski definition) is 1. The predicted octanol–water partition coefficient (Wildman–Crippen LogP) is 2.03. The lowest BCUT2D eigenvalue weighted by atomic mass is 10.2. The van der Waals surface area contributed by atoms with E-state index >= 15 is 0 Å². The van der Waals surface area contributed by atoms with E-state index < -0.39 is 15.9 Å². The van der Waals surface area contributed by atoms with Gasteiger partial charge in [0.2, 0.25) is 10.0 Å². The number of carbonyl (C=O) groups excluding carboxylic acids is 1. The number of aromatic nitrogens is 2. The highest BCUT2D eigenvalue weighted by atomic mass is 32.2. The lowest BCUT2D eigenvalue weighted by Gasteiger charge is -2.26. The quantitative estimate of drug-likeness (QED) is 0.546. The van der Waals surface area contributed by atoms with Crippen molar-refractivity contribution in [2.45, 2.75) is 4.90 Å². The lowest BCUT2D eigenvalue weighted by molar-refractivity contribution is 0.0730. The summed E-state index contributed by atoms with van der Waals surface area (Å²) in [6, 6.07) is 10.6. The minimum absolute atomic E-state index is 0.103. The van der Waals surface area contributed by atoms with Crippen LogP contribution in [0.5, 0.6) is 11.5 Å². The van der Waals surface area contributed by atoms with Crippen molar-refractivity contribution in [2.24, 2.45) is 0 Å². The second-order valence-electron chi connectivity index (χ2n) is 6.97. The Morgan fingerprint density at radius 1 is 1.03 bits per heavy atom. The summed E-state index contributed by atoms with van der Waals surface area (Å²) >= 11 is 0. The molecule has 1 amide bonds. The number of rotatable bonds is 7. The Labute approximate surface area is 190 Å². The maximum atomic E-state index is 12.7. The molecule has 1 saturated heterocycles. The van der Waals surface area contributed by atoms with Crippen LogP contribution in [0.2, 0.25) is 0 Å². The van der Waals surface area contributed by atoms with Crippen molar-refractivity contribution in [1.29, 1.82) is 0 Å². The Hall–Kier alpha value is -3.48. The number of morpholine rings is 1. The summed E-state index contributed by atoms with van der Waals surface area (Å²) in [5.41, 5.74) is 0.733. The Morgan fingerprint density at radius 3 is 2.42 bits per heavy atom. The first kappa shape index (κ1) is 22.7. The monoisotopic (exact) mass is 474 g/mol. The van der Waals surface area contributed by atoms with Gasteiger partial charge in [0.15, 0.2) is 0 Å². The minimum Gasteiger partial charge on any atom is -0.497 e. The number of ether oxygens (including phenoxy) is 3. The smallest absolute Gasteiger partial charge is 0.322 e. The fourth-order valence-electron chi connectivity index (χ4n) is 3.25. The normalized spacial score (nSPS) is 14.6. The Morgan fingerprint density at radius 2 is 1.76 bits per heavy atom. The van der Waals surface area contributed by atoms with E-state index in [4.69, 9.17) is 18.6 Å². The molecule has 0 aliphatic carbocycles. The zero-order valence-corrected chi connectivity index (χ0v) is 18.8. The number of carbonyl (C=O) groups is 1. The van der Waals surface area contributed by atoms with Crippen LogP contribution in [0.25, 0.3) is 11.5 Å². The van der Waals surface area contributed by atoms with E-state index in [9.17, 15) is 13.2 Å². The zero-order valence-electron chi connectivity index (χ0n) is 18.0. The predicted molar refractivity (Wildman–Crippen MR) is 117 cm³/mol. The molecule has 1 aliphatic heterocycles. The van der Waals surface area contributed by atoms with E-state index in [1.54, 1.807) is 18.2 Å². The Kier molecular flexibility index (Phi) is 6.58. The standard InChI is InChI=1S/C21H22N4O7S/c1-29-15-5-8-18(30-2)17(13-15)20-23-24-21(32-20)22-19(26)14-3-6-16(7-4-14)33(27,28)25-9-11-31-12-10-25/h3-8,13H,9-12H2,1-2H3,(H,22,24,26). The van der Waals surface area contributed by atoms with Crippen LogP contribution in [0.1, 0.15) is 10.4 Å². The highest BCUT2D eigenvalue weighted by molar-refractivity contribution is 7.89. The summed E-state index contributed by atoms with van der Waals surface area (Å²) in [5.74, 6) is 0.669. The third-order valence-corrected chi connectivity index (χ3v) is 6.92. The largest absolute Gasteiger partial charge is 0.497 e. The molecule has 11 nitrogen and oxygen atoms in total. The summed E-state index contributed by atoms with van der Waals surface area (Å²) in [5, 5.41) is 10.3. The number of anilines is 1. The first-order valence-electron chi connectivity index (χ1n) is 9.97. The van der Waals surface area contributed by atoms with Gasteiger partial charge in [0.05, 0.1) is 37.9 Å². The number of sulfonamides is 1. The van der Waals surface area contributed by atoms with E-state index in [0.29, 0.717) is 43.4 Å². The van der Waals surface area contributed by atoms with Gasteiger partial charge in [-0.3, -0.25) is 10.1 Å². The van der Waals surface area contributed by atoms with Crippen molar-refractivity contribution in [3.8, 4) is 23.0 Å². The molecular weight excluding hydrogens is 452 g/mol. The number of methoxy groups -OCH3 is 2. The highest BCUT2D eigenvalue weighted by Crippen LogP contribution is 2.33. The van der Waals surface area contributed by atoms with Crippen LogP contribution in [-0.4, -0.2) is 69.4 Å². The topological polar surface area (TPSA) is 133 Å². The molecule has 1 fully saturated rings. The first-order chi connectivity index (χ1) is 15.9. The van der Waals surface area contributed by atoms with E-state index in [0.717, 1.165) is 0 Å². The van der Waals surface area contributed by atoms with Crippen molar-refractivity contribution < 1.29 is 31.8 Å². The molecule has 1 N–H and O–H groups in total. The van der Waals surface area contributed by atoms with Crippen LogP contribution >= 0.6 is 0 Å². The van der Waals surface area contributed by atoms with Gasteiger partial charge in [-0.15, -0.1) is 5.10 Å². The molecule has 0 unspecified atom stereocenters. The van der Waals surface area contributed by atoms with E-state index in [-0.39, 0.29) is 22.4 Å². The SMILES string of the molecule is COc1ccc(OC)c(-c2nnc(NC(=O)c3ccc(S(=O)(=O)N4CCOCC4)cc3)o2)c1. The molecule has 0 spiro atoms. The van der Waals surface area contributed by atoms with E-state index in [1.165, 1.54) is 42.8 Å². The molecule has 33 heavy (non-hydrogen) atoms. The van der Waals surface area contributed by atoms with Crippen LogP contribution in [-0.2, 0) is 14.8 Å². The summed E-state index contributed by atoms with van der Waals surface area (Å²) < 4.78 is 48.1. The average Bonchev–Trinajstić information content (AvgIpc) is 3.32. The average molecular weight is 474 g/mol. The molecule has 12 heteroatoms. The molecule has 1 aromatic heterocycles. The van der Waals surface area contributed by atoms with Crippen LogP contribution in [0, 0.1) is 0 Å². The fourth-order valence-corrected chi connectivity index (χ4v) is 4.66. The van der Waals surface area contributed by atoms with Gasteiger partial charge < -0.3 is 18.6 Å². The van der Waals surface area contributed by atoms with Crippen LogP contribution in [0.4, 0.5) is 6.01 Å². The van der Waals surface area contributed by atoms with Gasteiger partial charge in [-0.2, -0.15) is 4.31 Å². The van der Waals surface area contributed by atoms with Crippen molar-refractivity contribution in [1.82, 2.24) is 14.5 Å². The summed E-state index contributed by atoms with van der Waals surface area (Å²) in [6.45, 7) is 1.30. The van der Waals surface area contributed by atoms with E-state index in [2.05, 4.69) is 15.5 Å². The third-order valence-electron chi connectivity index (χ3n) is 5.01. The van der Waals surface area contributed by atoms with Crippen molar-refractivity contribution >= 4 is 21.9 Å². The number of nitrogens with one attached hydrogen (secondary N) is 1. The number of hydrogen-bond acceptors (Lipinski definition) is 9. The summed E-state index contributed by atoms with van der Waals surface area (Å²) in [6.07, 6.45) is 0. The lowest BCUT2D eigenvalue weighted by Crippen LogP contribution is -2.40. The third kappa shape index (κ3) is 4.82. The van der Waals surface area contributed by atoms with E-state index in [1.807, 2.05) is 0 Å². The summed E-state index contributed by atoms with van der Waals surface area (Å²) in [7, 11) is -0.607. The minimum atomic E-state index is -3.64. The van der Waals surface area contributed by atoms with Crippen LogP contribution in [0.15, 0.2) is 51.8 Å². The molecule has 174 valence electrons.